The van der Waals surface area contributed by atoms with E-state index in [-0.39, 0.29) is 0 Å². The topological polar surface area (TPSA) is 49.3 Å². The minimum absolute atomic E-state index is 0.379. The minimum atomic E-state index is -3.06. The van der Waals surface area contributed by atoms with Gasteiger partial charge in [-0.25, -0.2) is 0 Å². The van der Waals surface area contributed by atoms with Gasteiger partial charge >= 0.3 is 6.43 Å². The summed E-state index contributed by atoms with van der Waals surface area (Å²) in [5, 5.41) is 11.8. The molecule has 0 aromatic heterocycles. The quantitative estimate of drug-likeness (QED) is 0.792. The Bertz CT molecular complexity index is 409. The maximum Gasteiger partial charge on any atom is 0.315 e. The number of rotatable bonds is 2. The highest BCUT2D eigenvalue weighted by atomic mass is 19.3. The third-order valence-electron chi connectivity index (χ3n) is 2.70. The Kier molecular flexibility index (Phi) is 2.87. The van der Waals surface area contributed by atoms with Crippen molar-refractivity contribution in [2.45, 2.75) is 25.0 Å². The highest BCUT2D eigenvalue weighted by molar-refractivity contribution is 5.79. The van der Waals surface area contributed by atoms with Gasteiger partial charge in [0.05, 0.1) is 12.1 Å². The molecule has 1 aliphatic carbocycles. The molecule has 0 fully saturated rings. The van der Waals surface area contributed by atoms with Crippen molar-refractivity contribution in [2.24, 2.45) is 0 Å². The average Bonchev–Trinajstić information content (AvgIpc) is 2.55. The lowest BCUT2D eigenvalue weighted by atomic mass is 10.1. The van der Waals surface area contributed by atoms with Crippen LogP contribution in [0, 0.1) is 0 Å². The molecule has 0 spiro atoms. The van der Waals surface area contributed by atoms with Crippen LogP contribution in [0.15, 0.2) is 24.3 Å². The van der Waals surface area contributed by atoms with Crippen molar-refractivity contribution in [3.8, 4) is 0 Å². The highest BCUT2D eigenvalue weighted by Gasteiger charge is 2.33. The van der Waals surface area contributed by atoms with Crippen LogP contribution in [0.2, 0.25) is 0 Å². The van der Waals surface area contributed by atoms with Crippen LogP contribution in [0.4, 0.5) is 8.78 Å². The molecule has 1 aliphatic rings. The van der Waals surface area contributed by atoms with Crippen LogP contribution >= 0.6 is 0 Å². The van der Waals surface area contributed by atoms with E-state index in [1.807, 2.05) is 12.1 Å². The smallest absolute Gasteiger partial charge is 0.315 e. The van der Waals surface area contributed by atoms with Crippen molar-refractivity contribution in [2.75, 3.05) is 0 Å². The zero-order valence-electron chi connectivity index (χ0n) is 8.36. The fraction of sp³-hybridized carbons (Fsp3) is 0.364. The molecule has 0 saturated carbocycles. The van der Waals surface area contributed by atoms with Gasteiger partial charge in [-0.15, -0.1) is 0 Å². The van der Waals surface area contributed by atoms with Crippen LogP contribution in [0.25, 0.3) is 0 Å². The summed E-state index contributed by atoms with van der Waals surface area (Å²) >= 11 is 0. The van der Waals surface area contributed by atoms with Gasteiger partial charge in [0.2, 0.25) is 0 Å². The first kappa shape index (κ1) is 11.0. The number of benzene rings is 1. The highest BCUT2D eigenvalue weighted by Crippen LogP contribution is 2.31. The van der Waals surface area contributed by atoms with Crippen LogP contribution in [0.3, 0.4) is 0 Å². The number of hydrogen-bond donors (Lipinski definition) is 2. The van der Waals surface area contributed by atoms with E-state index in [1.54, 1.807) is 12.1 Å². The largest absolute Gasteiger partial charge is 0.390 e. The van der Waals surface area contributed by atoms with Gasteiger partial charge in [-0.1, -0.05) is 24.3 Å². The zero-order valence-corrected chi connectivity index (χ0v) is 8.36. The third-order valence-corrected chi connectivity index (χ3v) is 2.70. The number of fused-ring (bicyclic) bond motifs is 1. The number of halogens is 2. The fourth-order valence-corrected chi connectivity index (χ4v) is 1.96. The van der Waals surface area contributed by atoms with E-state index < -0.39 is 24.5 Å². The second-order valence-corrected chi connectivity index (χ2v) is 3.76. The van der Waals surface area contributed by atoms with E-state index in [0.29, 0.717) is 12.0 Å². The third kappa shape index (κ3) is 1.90. The Morgan fingerprint density at radius 3 is 2.81 bits per heavy atom. The maximum absolute atomic E-state index is 12.1. The molecule has 1 amide bonds. The monoisotopic (exact) mass is 227 g/mol. The van der Waals surface area contributed by atoms with Crippen molar-refractivity contribution in [3.63, 3.8) is 0 Å². The standard InChI is InChI=1S/C11H11F2NO2/c12-10(13)11(16)14-9-7-4-2-1-3-6(7)5-8(9)15/h1-4,8-10,15H,5H2,(H,14,16)/t8-,9+/m1/s1. The second kappa shape index (κ2) is 4.17. The Hall–Kier alpha value is -1.49. The van der Waals surface area contributed by atoms with Crippen LogP contribution in [-0.4, -0.2) is 23.5 Å². The summed E-state index contributed by atoms with van der Waals surface area (Å²) in [6.07, 6.45) is -3.51. The van der Waals surface area contributed by atoms with Crippen LogP contribution in [-0.2, 0) is 11.2 Å². The molecule has 0 unspecified atom stereocenters. The molecule has 5 heteroatoms. The molecular formula is C11H11F2NO2. The number of carbonyl (C=O) groups excluding carboxylic acids is 1. The molecule has 1 aromatic rings. The van der Waals surface area contributed by atoms with E-state index >= 15 is 0 Å². The molecule has 0 radical (unpaired) electrons. The predicted molar refractivity (Wildman–Crippen MR) is 53.0 cm³/mol. The lowest BCUT2D eigenvalue weighted by Crippen LogP contribution is -2.37. The van der Waals surface area contributed by atoms with Gasteiger partial charge in [-0.2, -0.15) is 8.78 Å². The molecule has 2 rings (SSSR count). The molecular weight excluding hydrogens is 216 g/mol. The van der Waals surface area contributed by atoms with Gasteiger partial charge in [-0.05, 0) is 11.1 Å². The molecule has 0 aliphatic heterocycles. The first-order valence-electron chi connectivity index (χ1n) is 4.94. The predicted octanol–water partition coefficient (Wildman–Crippen LogP) is 1.03. The van der Waals surface area contributed by atoms with E-state index in [2.05, 4.69) is 5.32 Å². The molecule has 1 aromatic carbocycles. The zero-order chi connectivity index (χ0) is 11.7. The van der Waals surface area contributed by atoms with Gasteiger partial charge < -0.3 is 10.4 Å². The van der Waals surface area contributed by atoms with Crippen molar-refractivity contribution >= 4 is 5.91 Å². The van der Waals surface area contributed by atoms with Crippen LogP contribution in [0.5, 0.6) is 0 Å². The molecule has 0 heterocycles. The number of amides is 1. The van der Waals surface area contributed by atoms with Gasteiger partial charge in [0.25, 0.3) is 5.91 Å². The van der Waals surface area contributed by atoms with Gasteiger partial charge in [0, 0.05) is 6.42 Å². The van der Waals surface area contributed by atoms with Crippen LogP contribution in [0.1, 0.15) is 17.2 Å². The van der Waals surface area contributed by atoms with E-state index in [9.17, 15) is 18.7 Å². The second-order valence-electron chi connectivity index (χ2n) is 3.76. The van der Waals surface area contributed by atoms with Crippen molar-refractivity contribution in [1.29, 1.82) is 0 Å². The Morgan fingerprint density at radius 1 is 1.44 bits per heavy atom. The van der Waals surface area contributed by atoms with E-state index in [0.717, 1.165) is 5.56 Å². The Labute approximate surface area is 91.1 Å². The fourth-order valence-electron chi connectivity index (χ4n) is 1.96. The Balaban J connectivity index is 2.19. The summed E-state index contributed by atoms with van der Waals surface area (Å²) in [5.74, 6) is -1.35. The first-order chi connectivity index (χ1) is 7.59. The molecule has 3 nitrogen and oxygen atoms in total. The summed E-state index contributed by atoms with van der Waals surface area (Å²) in [7, 11) is 0. The van der Waals surface area contributed by atoms with Crippen molar-refractivity contribution in [3.05, 3.63) is 35.4 Å². The van der Waals surface area contributed by atoms with E-state index in [1.165, 1.54) is 0 Å². The summed E-state index contributed by atoms with van der Waals surface area (Å²) in [6.45, 7) is 0. The van der Waals surface area contributed by atoms with Gasteiger partial charge in [0.15, 0.2) is 0 Å². The molecule has 16 heavy (non-hydrogen) atoms. The SMILES string of the molecule is O=C(N[C@H]1c2ccccc2C[C@H]1O)C(F)F. The van der Waals surface area contributed by atoms with Crippen LogP contribution < -0.4 is 5.32 Å². The molecule has 86 valence electrons. The van der Waals surface area contributed by atoms with Gasteiger partial charge in [-0.3, -0.25) is 4.79 Å². The van der Waals surface area contributed by atoms with Gasteiger partial charge in [0.1, 0.15) is 0 Å². The van der Waals surface area contributed by atoms with Crippen molar-refractivity contribution < 1.29 is 18.7 Å². The Morgan fingerprint density at radius 2 is 2.12 bits per heavy atom. The van der Waals surface area contributed by atoms with E-state index in [4.69, 9.17) is 0 Å². The molecule has 2 N–H and O–H groups in total. The molecule has 0 bridgehead atoms. The average molecular weight is 227 g/mol. The molecule has 0 saturated heterocycles. The normalized spacial score (nSPS) is 23.2. The summed E-state index contributed by atoms with van der Waals surface area (Å²) in [4.78, 5) is 10.9. The number of alkyl halides is 2. The summed E-state index contributed by atoms with van der Waals surface area (Å²) in [6, 6.07) is 6.37. The van der Waals surface area contributed by atoms with Crippen molar-refractivity contribution in [1.82, 2.24) is 5.32 Å². The lowest BCUT2D eigenvalue weighted by molar-refractivity contribution is -0.133. The minimum Gasteiger partial charge on any atom is -0.390 e. The summed E-state index contributed by atoms with van der Waals surface area (Å²) in [5.41, 5.74) is 1.60. The number of aliphatic hydroxyl groups is 1. The number of carbonyl (C=O) groups is 1. The summed E-state index contributed by atoms with van der Waals surface area (Å²) < 4.78 is 24.2. The lowest BCUT2D eigenvalue weighted by Gasteiger charge is -2.17. The number of nitrogens with one attached hydrogen (secondary N) is 1. The maximum atomic E-state index is 12.1. The number of aliphatic hydroxyl groups excluding tert-OH is 1. The number of hydrogen-bond acceptors (Lipinski definition) is 2. The first-order valence-corrected chi connectivity index (χ1v) is 4.94. The molecule has 2 atom stereocenters.